The van der Waals surface area contributed by atoms with Crippen LogP contribution in [0.4, 0.5) is 0 Å². The van der Waals surface area contributed by atoms with E-state index in [4.69, 9.17) is 0 Å². The van der Waals surface area contributed by atoms with Crippen LogP contribution in [-0.2, 0) is 4.79 Å². The van der Waals surface area contributed by atoms with E-state index in [9.17, 15) is 4.79 Å². The second kappa shape index (κ2) is 17.1. The Morgan fingerprint density at radius 3 is 1.98 bits per heavy atom. The van der Waals surface area contributed by atoms with Gasteiger partial charge in [0.15, 0.2) is 5.78 Å². The summed E-state index contributed by atoms with van der Waals surface area (Å²) in [6.07, 6.45) is 12.9. The van der Waals surface area contributed by atoms with Crippen LogP contribution < -0.4 is 16.0 Å². The number of nitrogens with zero attached hydrogens (tertiary/aromatic N) is 1. The maximum absolute atomic E-state index is 12.7. The first-order valence-corrected chi connectivity index (χ1v) is 16.0. The highest BCUT2D eigenvalue weighted by atomic mass is 32.2. The van der Waals surface area contributed by atoms with Crippen LogP contribution in [0.3, 0.4) is 0 Å². The molecule has 0 saturated heterocycles. The summed E-state index contributed by atoms with van der Waals surface area (Å²) in [6.45, 7) is 29.6. The number of fused-ring (bicyclic) bond motifs is 1. The number of carbonyl (C=O) groups excluding carboxylic acids is 1. The van der Waals surface area contributed by atoms with Gasteiger partial charge in [-0.3, -0.25) is 4.79 Å². The van der Waals surface area contributed by atoms with Gasteiger partial charge in [0.05, 0.1) is 12.1 Å². The van der Waals surface area contributed by atoms with Gasteiger partial charge in [0.1, 0.15) is 0 Å². The van der Waals surface area contributed by atoms with E-state index in [1.165, 1.54) is 16.7 Å². The number of carbonyl (C=O) groups is 1. The average molecular weight is 573 g/mol. The molecule has 1 aromatic carbocycles. The van der Waals surface area contributed by atoms with Gasteiger partial charge < -0.3 is 9.88 Å². The lowest BCUT2D eigenvalue weighted by Gasteiger charge is -2.23. The van der Waals surface area contributed by atoms with E-state index in [0.717, 1.165) is 69.9 Å². The van der Waals surface area contributed by atoms with Crippen LogP contribution in [0.5, 0.6) is 0 Å². The minimum absolute atomic E-state index is 0.108. The van der Waals surface area contributed by atoms with Crippen molar-refractivity contribution in [2.45, 2.75) is 92.2 Å². The van der Waals surface area contributed by atoms with Gasteiger partial charge in [-0.25, -0.2) is 0 Å². The van der Waals surface area contributed by atoms with Crippen molar-refractivity contribution in [1.29, 1.82) is 0 Å². The van der Waals surface area contributed by atoms with Crippen LogP contribution in [0.2, 0.25) is 0 Å². The summed E-state index contributed by atoms with van der Waals surface area (Å²) in [5.41, 5.74) is 6.34. The van der Waals surface area contributed by atoms with E-state index in [1.807, 2.05) is 40.6 Å². The zero-order valence-corrected chi connectivity index (χ0v) is 27.3. The predicted octanol–water partition coefficient (Wildman–Crippen LogP) is 8.57. The molecular formula is C37H52N2OS. The number of Topliss-reactive ketones (excluding diaryl/α,β-unsaturated/α-hetero) is 1. The van der Waals surface area contributed by atoms with Crippen LogP contribution >= 0.6 is 11.8 Å². The first kappa shape index (κ1) is 34.2. The summed E-state index contributed by atoms with van der Waals surface area (Å²) >= 11 is 1.91. The van der Waals surface area contributed by atoms with Crippen molar-refractivity contribution in [3.05, 3.63) is 94.3 Å². The summed E-state index contributed by atoms with van der Waals surface area (Å²) in [7, 11) is 0. The van der Waals surface area contributed by atoms with E-state index in [1.54, 1.807) is 6.92 Å². The van der Waals surface area contributed by atoms with Crippen LogP contribution in [0.25, 0.3) is 23.9 Å². The SMILES string of the molecule is C=C(CCC(C(C)=O)n1c(=C)c2ccccc2c1=C)NC(CSC/C=C(\C)CC/C=C(\C)CCC=C(C)C)C(=C)C. The molecule has 2 aromatic rings. The maximum atomic E-state index is 12.7. The first-order chi connectivity index (χ1) is 19.4. The topological polar surface area (TPSA) is 34.0 Å². The molecule has 0 saturated carbocycles. The number of rotatable bonds is 18. The molecule has 0 fully saturated rings. The minimum atomic E-state index is -0.317. The Balaban J connectivity index is 1.86. The van der Waals surface area contributed by atoms with Crippen molar-refractivity contribution in [3.63, 3.8) is 0 Å². The standard InChI is InChI=1S/C37H52N2OS/c1-26(2)15-13-16-28(5)17-14-18-29(6)23-24-41-25-36(27(3)4)38-30(7)21-22-37(33(10)40)39-31(8)34-19-11-12-20-35(34)32(39)9/h11-12,15,17,19-20,23,36-38H,3,7-9,13-14,16,18,21-22,24-25H2,1-2,4-6,10H3/b28-17+,29-23+. The number of allylic oxidation sites excluding steroid dienone is 6. The molecule has 0 spiro atoms. The van der Waals surface area contributed by atoms with E-state index >= 15 is 0 Å². The van der Waals surface area contributed by atoms with Crippen LogP contribution in [0, 0.1) is 0 Å². The largest absolute Gasteiger partial charge is 0.382 e. The molecule has 0 aliphatic rings. The highest BCUT2D eigenvalue weighted by Gasteiger charge is 2.20. The lowest BCUT2D eigenvalue weighted by Crippen LogP contribution is -2.35. The molecule has 0 amide bonds. The third kappa shape index (κ3) is 11.1. The molecule has 4 heteroatoms. The summed E-state index contributed by atoms with van der Waals surface area (Å²) in [6, 6.07) is 7.90. The molecule has 41 heavy (non-hydrogen) atoms. The van der Waals surface area contributed by atoms with E-state index in [-0.39, 0.29) is 17.9 Å². The monoisotopic (exact) mass is 572 g/mol. The van der Waals surface area contributed by atoms with Crippen LogP contribution in [0.1, 0.15) is 86.1 Å². The van der Waals surface area contributed by atoms with Crippen molar-refractivity contribution in [1.82, 2.24) is 9.88 Å². The molecule has 222 valence electrons. The number of aromatic nitrogens is 1. The summed E-state index contributed by atoms with van der Waals surface area (Å²) in [5, 5.41) is 7.36. The molecule has 0 bridgehead atoms. The van der Waals surface area contributed by atoms with Gasteiger partial charge in [0, 0.05) is 38.7 Å². The Bertz CT molecular complexity index is 1350. The molecule has 0 radical (unpaired) electrons. The molecule has 1 aromatic heterocycles. The highest BCUT2D eigenvalue weighted by molar-refractivity contribution is 7.99. The van der Waals surface area contributed by atoms with Gasteiger partial charge in [0.25, 0.3) is 0 Å². The fraction of sp³-hybridized carbons (Fsp3) is 0.432. The Kier molecular flexibility index (Phi) is 14.3. The summed E-state index contributed by atoms with van der Waals surface area (Å²) in [4.78, 5) is 12.7. The summed E-state index contributed by atoms with van der Waals surface area (Å²) < 4.78 is 2.00. The number of ketones is 1. The van der Waals surface area contributed by atoms with E-state index in [2.05, 4.69) is 84.5 Å². The smallest absolute Gasteiger partial charge is 0.152 e. The van der Waals surface area contributed by atoms with Gasteiger partial charge in [-0.1, -0.05) is 91.1 Å². The Morgan fingerprint density at radius 1 is 0.878 bits per heavy atom. The zero-order chi connectivity index (χ0) is 30.5. The number of nitrogens with one attached hydrogen (secondary N) is 1. The molecule has 0 aliphatic heterocycles. The van der Waals surface area contributed by atoms with Crippen molar-refractivity contribution >= 4 is 41.5 Å². The third-order valence-corrected chi connectivity index (χ3v) is 8.53. The second-order valence-corrected chi connectivity index (χ2v) is 12.7. The number of hydrogen-bond acceptors (Lipinski definition) is 3. The Labute approximate surface area is 253 Å². The van der Waals surface area contributed by atoms with Gasteiger partial charge >= 0.3 is 0 Å². The van der Waals surface area contributed by atoms with Gasteiger partial charge in [-0.05, 0) is 80.1 Å². The van der Waals surface area contributed by atoms with Gasteiger partial charge in [-0.15, -0.1) is 0 Å². The van der Waals surface area contributed by atoms with E-state index < -0.39 is 0 Å². The fourth-order valence-corrected chi connectivity index (χ4v) is 6.10. The molecule has 2 unspecified atom stereocenters. The first-order valence-electron chi connectivity index (χ1n) is 14.8. The molecule has 0 aliphatic carbocycles. The van der Waals surface area contributed by atoms with Gasteiger partial charge in [0.2, 0.25) is 0 Å². The average Bonchev–Trinajstić information content (AvgIpc) is 3.15. The maximum Gasteiger partial charge on any atom is 0.152 e. The van der Waals surface area contributed by atoms with Crippen LogP contribution in [-0.4, -0.2) is 27.9 Å². The number of thioether (sulfide) groups is 1. The second-order valence-electron chi connectivity index (χ2n) is 11.6. The van der Waals surface area contributed by atoms with Gasteiger partial charge in [-0.2, -0.15) is 11.8 Å². The Hall–Kier alpha value is -2.98. The van der Waals surface area contributed by atoms with E-state index in [0.29, 0.717) is 12.8 Å². The molecule has 1 N–H and O–H groups in total. The van der Waals surface area contributed by atoms with Crippen molar-refractivity contribution in [2.24, 2.45) is 0 Å². The van der Waals surface area contributed by atoms with Crippen molar-refractivity contribution < 1.29 is 4.79 Å². The Morgan fingerprint density at radius 2 is 1.44 bits per heavy atom. The fourth-order valence-electron chi connectivity index (χ4n) is 4.96. The summed E-state index contributed by atoms with van der Waals surface area (Å²) in [5.74, 6) is 2.02. The third-order valence-electron chi connectivity index (χ3n) is 7.56. The lowest BCUT2D eigenvalue weighted by atomic mass is 10.1. The predicted molar refractivity (Wildman–Crippen MR) is 185 cm³/mol. The highest BCUT2D eigenvalue weighted by Crippen LogP contribution is 2.19. The number of hydrogen-bond donors (Lipinski definition) is 1. The molecule has 2 atom stereocenters. The normalized spacial score (nSPS) is 13.6. The zero-order valence-electron chi connectivity index (χ0n) is 26.4. The van der Waals surface area contributed by atoms with Crippen LogP contribution in [0.15, 0.2) is 83.6 Å². The molecule has 2 rings (SSSR count). The molecular weight excluding hydrogens is 520 g/mol. The van der Waals surface area contributed by atoms with Crippen molar-refractivity contribution in [2.75, 3.05) is 11.5 Å². The molecule has 3 nitrogen and oxygen atoms in total. The number of benzene rings is 1. The molecule has 1 heterocycles. The lowest BCUT2D eigenvalue weighted by molar-refractivity contribution is -0.120. The minimum Gasteiger partial charge on any atom is -0.382 e. The quantitative estimate of drug-likeness (QED) is 0.143. The van der Waals surface area contributed by atoms with Crippen molar-refractivity contribution in [3.8, 4) is 0 Å².